The molecule has 0 radical (unpaired) electrons. The number of amides is 2. The average Bonchev–Trinajstić information content (AvgIpc) is 3.15. The first kappa shape index (κ1) is 26.5. The van der Waals surface area contributed by atoms with Gasteiger partial charge in [-0.25, -0.2) is 9.82 Å². The smallest absolute Gasteiger partial charge is 0.266 e. The first-order chi connectivity index (χ1) is 14.4. The minimum Gasteiger partial charge on any atom is -0.460 e. The summed E-state index contributed by atoms with van der Waals surface area (Å²) >= 11 is 0. The maximum absolute atomic E-state index is 11.9. The summed E-state index contributed by atoms with van der Waals surface area (Å²) < 4.78 is 17.1. The third kappa shape index (κ3) is 12.1. The minimum absolute atomic E-state index is 0.211. The van der Waals surface area contributed by atoms with Crippen LogP contribution in [-0.4, -0.2) is 24.7 Å². The molecule has 162 valence electrons. The van der Waals surface area contributed by atoms with E-state index in [1.807, 2.05) is 26.0 Å². The number of nitrogens with one attached hydrogen (secondary N) is 2. The maximum Gasteiger partial charge on any atom is 0.266 e. The van der Waals surface area contributed by atoms with Crippen LogP contribution in [0.4, 0.5) is 4.39 Å². The molecule has 0 aliphatic heterocycles. The van der Waals surface area contributed by atoms with E-state index >= 15 is 0 Å². The summed E-state index contributed by atoms with van der Waals surface area (Å²) in [5, 5.41) is 6.33. The first-order valence-corrected chi connectivity index (χ1v) is 9.43. The first-order valence-electron chi connectivity index (χ1n) is 9.43. The van der Waals surface area contributed by atoms with Gasteiger partial charge in [-0.3, -0.25) is 9.59 Å². The molecule has 0 bridgehead atoms. The molecule has 30 heavy (non-hydrogen) atoms. The molecule has 0 atom stereocenters. The molecule has 1 aromatic rings. The number of hydrazone groups is 1. The number of hydrogen-bond donors (Lipinski definition) is 2. The Labute approximate surface area is 177 Å². The van der Waals surface area contributed by atoms with Gasteiger partial charge in [0.2, 0.25) is 0 Å². The van der Waals surface area contributed by atoms with Crippen molar-refractivity contribution in [3.63, 3.8) is 0 Å². The number of rotatable bonds is 9. The van der Waals surface area contributed by atoms with Crippen molar-refractivity contribution in [3.05, 3.63) is 84.0 Å². The number of alkyl halides is 1. The molecule has 0 aliphatic rings. The molecule has 0 aromatic carbocycles. The maximum atomic E-state index is 11.9. The van der Waals surface area contributed by atoms with Crippen LogP contribution in [0.1, 0.15) is 38.7 Å². The van der Waals surface area contributed by atoms with E-state index in [2.05, 4.69) is 22.4 Å². The Hall–Kier alpha value is -3.48. The number of nitrogens with zero attached hydrogens (tertiary/aromatic N) is 1. The van der Waals surface area contributed by atoms with Gasteiger partial charge in [0.25, 0.3) is 11.8 Å². The van der Waals surface area contributed by atoms with Gasteiger partial charge in [0.05, 0.1) is 6.21 Å². The standard InChI is InChI=1S/C12H16FNO.C11H14N2O2/c1-3-5-10-14-12(15)11(7-4-2)8-6-9-13;1-4-8(2)11(14)13-12-7-10-6-5-9(3)15-10/h4-8,10H,2-3,9H2,1H3,(H,14,15);4-7H,1-3H3,(H,13,14)/b8-6-,10-5+,11-7+;8-4+,12-7+. The fourth-order valence-electron chi connectivity index (χ4n) is 1.74. The Bertz CT molecular complexity index is 831. The summed E-state index contributed by atoms with van der Waals surface area (Å²) in [6.45, 7) is 10.2. The van der Waals surface area contributed by atoms with Gasteiger partial charge in [-0.05, 0) is 39.3 Å². The highest BCUT2D eigenvalue weighted by Crippen LogP contribution is 2.02. The molecule has 1 heterocycles. The van der Waals surface area contributed by atoms with Gasteiger partial charge < -0.3 is 9.73 Å². The lowest BCUT2D eigenvalue weighted by atomic mass is 10.2. The molecule has 0 fully saturated rings. The Morgan fingerprint density at radius 1 is 1.27 bits per heavy atom. The molecule has 0 spiro atoms. The van der Waals surface area contributed by atoms with E-state index in [4.69, 9.17) is 4.42 Å². The van der Waals surface area contributed by atoms with Crippen molar-refractivity contribution >= 4 is 18.0 Å². The SMILES string of the molecule is C/C=C(\C)C(=O)N/N=C/c1ccc(C)o1.C=C/C=C(\C=C/CF)C(=O)N/C=C/CC. The minimum atomic E-state index is -0.591. The van der Waals surface area contributed by atoms with Crippen LogP contribution in [0, 0.1) is 6.92 Å². The predicted octanol–water partition coefficient (Wildman–Crippen LogP) is 4.67. The fourth-order valence-corrected chi connectivity index (χ4v) is 1.74. The molecule has 0 aliphatic carbocycles. The van der Waals surface area contributed by atoms with Gasteiger partial charge in [0.15, 0.2) is 0 Å². The van der Waals surface area contributed by atoms with Crippen LogP contribution >= 0.6 is 0 Å². The monoisotopic (exact) mass is 415 g/mol. The van der Waals surface area contributed by atoms with Crippen molar-refractivity contribution in [1.82, 2.24) is 10.7 Å². The van der Waals surface area contributed by atoms with Gasteiger partial charge in [-0.1, -0.05) is 50.0 Å². The van der Waals surface area contributed by atoms with Gasteiger partial charge in [0, 0.05) is 17.3 Å². The van der Waals surface area contributed by atoms with Crippen molar-refractivity contribution in [1.29, 1.82) is 0 Å². The number of carbonyl (C=O) groups is 2. The average molecular weight is 416 g/mol. The Morgan fingerprint density at radius 2 is 2.00 bits per heavy atom. The second-order valence-corrected chi connectivity index (χ2v) is 5.82. The zero-order chi connectivity index (χ0) is 22.8. The lowest BCUT2D eigenvalue weighted by Crippen LogP contribution is -2.18. The van der Waals surface area contributed by atoms with Crippen LogP contribution in [0.5, 0.6) is 0 Å². The molecule has 2 N–H and O–H groups in total. The highest BCUT2D eigenvalue weighted by molar-refractivity contribution is 5.97. The number of aryl methyl sites for hydroxylation is 1. The molecular weight excluding hydrogens is 385 g/mol. The van der Waals surface area contributed by atoms with E-state index < -0.39 is 6.67 Å². The number of allylic oxidation sites excluding steroid dienone is 5. The normalized spacial score (nSPS) is 12.2. The number of furan rings is 1. The van der Waals surface area contributed by atoms with Crippen LogP contribution < -0.4 is 10.7 Å². The molecule has 7 heteroatoms. The fraction of sp³-hybridized carbons (Fsp3) is 0.261. The van der Waals surface area contributed by atoms with Crippen molar-refractivity contribution < 1.29 is 18.4 Å². The van der Waals surface area contributed by atoms with Crippen molar-refractivity contribution in [2.75, 3.05) is 6.67 Å². The summed E-state index contributed by atoms with van der Waals surface area (Å²) in [7, 11) is 0. The molecule has 0 saturated heterocycles. The summed E-state index contributed by atoms with van der Waals surface area (Å²) in [4.78, 5) is 22.7. The Morgan fingerprint density at radius 3 is 2.53 bits per heavy atom. The van der Waals surface area contributed by atoms with E-state index in [0.29, 0.717) is 16.9 Å². The lowest BCUT2D eigenvalue weighted by molar-refractivity contribution is -0.117. The number of halogens is 1. The molecule has 2 amide bonds. The predicted molar refractivity (Wildman–Crippen MR) is 120 cm³/mol. The highest BCUT2D eigenvalue weighted by Gasteiger charge is 2.02. The number of hydrogen-bond acceptors (Lipinski definition) is 4. The van der Waals surface area contributed by atoms with Crippen LogP contribution in [-0.2, 0) is 9.59 Å². The molecule has 1 aromatic heterocycles. The number of carbonyl (C=O) groups excluding carboxylic acids is 2. The summed E-state index contributed by atoms with van der Waals surface area (Å²) in [5.74, 6) is 0.944. The molecule has 0 saturated carbocycles. The lowest BCUT2D eigenvalue weighted by Gasteiger charge is -1.99. The topological polar surface area (TPSA) is 83.7 Å². The highest BCUT2D eigenvalue weighted by atomic mass is 19.1. The van der Waals surface area contributed by atoms with Gasteiger partial charge >= 0.3 is 0 Å². The van der Waals surface area contributed by atoms with E-state index in [1.54, 1.807) is 32.2 Å². The van der Waals surface area contributed by atoms with Crippen molar-refractivity contribution in [2.24, 2.45) is 5.10 Å². The van der Waals surface area contributed by atoms with Gasteiger partial charge in [-0.15, -0.1) is 0 Å². The van der Waals surface area contributed by atoms with Crippen LogP contribution in [0.2, 0.25) is 0 Å². The molecular formula is C23H30FN3O3. The van der Waals surface area contributed by atoms with E-state index in [9.17, 15) is 14.0 Å². The van der Waals surface area contributed by atoms with Crippen molar-refractivity contribution in [2.45, 2.75) is 34.1 Å². The quantitative estimate of drug-likeness (QED) is 0.266. The molecule has 0 unspecified atom stereocenters. The third-order valence-electron chi connectivity index (χ3n) is 3.42. The van der Waals surface area contributed by atoms with E-state index in [0.717, 1.165) is 12.2 Å². The zero-order valence-electron chi connectivity index (χ0n) is 17.9. The zero-order valence-corrected chi connectivity index (χ0v) is 17.9. The summed E-state index contributed by atoms with van der Waals surface area (Å²) in [5.41, 5.74) is 3.40. The van der Waals surface area contributed by atoms with Crippen LogP contribution in [0.15, 0.2) is 82.0 Å². The second-order valence-electron chi connectivity index (χ2n) is 5.82. The molecule has 1 rings (SSSR count). The Kier molecular flexibility index (Phi) is 14.6. The van der Waals surface area contributed by atoms with Crippen LogP contribution in [0.25, 0.3) is 0 Å². The Balaban J connectivity index is 0.000000561. The third-order valence-corrected chi connectivity index (χ3v) is 3.42. The largest absolute Gasteiger partial charge is 0.460 e. The summed E-state index contributed by atoms with van der Waals surface area (Å²) in [6.07, 6.45) is 13.2. The van der Waals surface area contributed by atoms with Gasteiger partial charge in [-0.2, -0.15) is 5.10 Å². The van der Waals surface area contributed by atoms with E-state index in [-0.39, 0.29) is 11.8 Å². The van der Waals surface area contributed by atoms with Crippen LogP contribution in [0.3, 0.4) is 0 Å². The van der Waals surface area contributed by atoms with E-state index in [1.165, 1.54) is 30.5 Å². The second kappa shape index (κ2) is 16.5. The van der Waals surface area contributed by atoms with Crippen molar-refractivity contribution in [3.8, 4) is 0 Å². The molecule has 6 nitrogen and oxygen atoms in total. The van der Waals surface area contributed by atoms with Gasteiger partial charge in [0.1, 0.15) is 18.2 Å². The summed E-state index contributed by atoms with van der Waals surface area (Å²) in [6, 6.07) is 3.62.